The quantitative estimate of drug-likeness (QED) is 0.840. The van der Waals surface area contributed by atoms with Crippen LogP contribution in [0.1, 0.15) is 44.1 Å². The summed E-state index contributed by atoms with van der Waals surface area (Å²) < 4.78 is 2.05. The number of hydrogen-bond acceptors (Lipinski definition) is 3. The molecule has 0 fully saturated rings. The molecule has 4 heteroatoms. The summed E-state index contributed by atoms with van der Waals surface area (Å²) >= 11 is 0. The first kappa shape index (κ1) is 11.1. The van der Waals surface area contributed by atoms with E-state index in [9.17, 15) is 0 Å². The lowest BCUT2D eigenvalue weighted by Gasteiger charge is -2.05. The van der Waals surface area contributed by atoms with Gasteiger partial charge in [-0.15, -0.1) is 0 Å². The highest BCUT2D eigenvalue weighted by molar-refractivity contribution is 5.72. The summed E-state index contributed by atoms with van der Waals surface area (Å²) in [6, 6.07) is 2.03. The number of nitrogens with zero attached hydrogens (tertiary/aromatic N) is 3. The second-order valence-electron chi connectivity index (χ2n) is 4.58. The first-order chi connectivity index (χ1) is 7.50. The molecule has 16 heavy (non-hydrogen) atoms. The zero-order valence-corrected chi connectivity index (χ0v) is 10.2. The summed E-state index contributed by atoms with van der Waals surface area (Å²) in [5.74, 6) is 1.46. The number of pyridine rings is 1. The molecule has 1 unspecified atom stereocenters. The van der Waals surface area contributed by atoms with Crippen molar-refractivity contribution in [2.75, 3.05) is 0 Å². The van der Waals surface area contributed by atoms with Crippen LogP contribution in [0.5, 0.6) is 0 Å². The second kappa shape index (κ2) is 3.87. The van der Waals surface area contributed by atoms with E-state index in [1.165, 1.54) is 0 Å². The molecular formula is C12H18N4. The fourth-order valence-corrected chi connectivity index (χ4v) is 1.87. The second-order valence-corrected chi connectivity index (χ2v) is 4.58. The zero-order chi connectivity index (χ0) is 11.9. The van der Waals surface area contributed by atoms with Crippen LogP contribution in [0, 0.1) is 0 Å². The van der Waals surface area contributed by atoms with Gasteiger partial charge in [0.05, 0.1) is 0 Å². The number of aryl methyl sites for hydroxylation is 1. The molecule has 2 aromatic rings. The standard InChI is InChI=1S/C12H18N4/c1-7(2)11-15-10-5-9(8(3)13)6-14-12(10)16(11)4/h5-8H,13H2,1-4H3. The van der Waals surface area contributed by atoms with Crippen LogP contribution in [-0.2, 0) is 7.05 Å². The van der Waals surface area contributed by atoms with Crippen molar-refractivity contribution in [1.82, 2.24) is 14.5 Å². The highest BCUT2D eigenvalue weighted by Gasteiger charge is 2.12. The molecule has 0 aliphatic rings. The monoisotopic (exact) mass is 218 g/mol. The van der Waals surface area contributed by atoms with Crippen molar-refractivity contribution in [2.24, 2.45) is 12.8 Å². The highest BCUT2D eigenvalue weighted by atomic mass is 15.1. The van der Waals surface area contributed by atoms with Crippen molar-refractivity contribution in [3.8, 4) is 0 Å². The third kappa shape index (κ3) is 1.69. The van der Waals surface area contributed by atoms with Gasteiger partial charge in [-0.1, -0.05) is 13.8 Å². The molecule has 2 rings (SSSR count). The third-order valence-corrected chi connectivity index (χ3v) is 2.81. The topological polar surface area (TPSA) is 56.7 Å². The molecule has 0 bridgehead atoms. The molecule has 86 valence electrons. The Balaban J connectivity index is 2.63. The number of imidazole rings is 1. The Kier molecular flexibility index (Phi) is 2.68. The van der Waals surface area contributed by atoms with Gasteiger partial charge in [0, 0.05) is 25.2 Å². The van der Waals surface area contributed by atoms with Crippen LogP contribution in [0.2, 0.25) is 0 Å². The third-order valence-electron chi connectivity index (χ3n) is 2.81. The molecule has 1 atom stereocenters. The van der Waals surface area contributed by atoms with Gasteiger partial charge in [0.2, 0.25) is 0 Å². The Labute approximate surface area is 95.5 Å². The van der Waals surface area contributed by atoms with E-state index in [-0.39, 0.29) is 6.04 Å². The summed E-state index contributed by atoms with van der Waals surface area (Å²) in [5.41, 5.74) is 8.72. The number of hydrogen-bond donors (Lipinski definition) is 1. The van der Waals surface area contributed by atoms with Crippen LogP contribution in [0.15, 0.2) is 12.3 Å². The molecule has 0 radical (unpaired) electrons. The molecule has 0 saturated carbocycles. The summed E-state index contributed by atoms with van der Waals surface area (Å²) in [6.45, 7) is 6.22. The van der Waals surface area contributed by atoms with Gasteiger partial charge in [0.1, 0.15) is 11.3 Å². The maximum atomic E-state index is 5.83. The van der Waals surface area contributed by atoms with Crippen LogP contribution in [0.4, 0.5) is 0 Å². The Bertz CT molecular complexity index is 511. The number of fused-ring (bicyclic) bond motifs is 1. The van der Waals surface area contributed by atoms with E-state index >= 15 is 0 Å². The Morgan fingerprint density at radius 3 is 2.56 bits per heavy atom. The Morgan fingerprint density at radius 1 is 1.31 bits per heavy atom. The normalized spacial score (nSPS) is 13.6. The van der Waals surface area contributed by atoms with E-state index in [2.05, 4.69) is 23.8 Å². The molecule has 2 N–H and O–H groups in total. The molecule has 0 amide bonds. The van der Waals surface area contributed by atoms with Crippen LogP contribution >= 0.6 is 0 Å². The smallest absolute Gasteiger partial charge is 0.159 e. The van der Waals surface area contributed by atoms with Crippen LogP contribution in [-0.4, -0.2) is 14.5 Å². The van der Waals surface area contributed by atoms with Crippen LogP contribution < -0.4 is 5.73 Å². The van der Waals surface area contributed by atoms with Gasteiger partial charge in [-0.25, -0.2) is 9.97 Å². The Hall–Kier alpha value is -1.42. The van der Waals surface area contributed by atoms with E-state index in [4.69, 9.17) is 5.73 Å². The van der Waals surface area contributed by atoms with E-state index in [1.54, 1.807) is 0 Å². The van der Waals surface area contributed by atoms with E-state index in [1.807, 2.05) is 30.8 Å². The largest absolute Gasteiger partial charge is 0.324 e. The summed E-state index contributed by atoms with van der Waals surface area (Å²) in [6.07, 6.45) is 1.83. The van der Waals surface area contributed by atoms with Crippen LogP contribution in [0.3, 0.4) is 0 Å². The number of rotatable bonds is 2. The fraction of sp³-hybridized carbons (Fsp3) is 0.500. The maximum absolute atomic E-state index is 5.83. The minimum atomic E-state index is 0.00130. The van der Waals surface area contributed by atoms with Crippen molar-refractivity contribution in [3.63, 3.8) is 0 Å². The summed E-state index contributed by atoms with van der Waals surface area (Å²) in [5, 5.41) is 0. The molecule has 4 nitrogen and oxygen atoms in total. The SMILES string of the molecule is CC(C)c1nc2cc(C(C)N)cnc2n1C. The average molecular weight is 218 g/mol. The van der Waals surface area contributed by atoms with Crippen molar-refractivity contribution in [2.45, 2.75) is 32.7 Å². The van der Waals surface area contributed by atoms with Crippen molar-refractivity contribution in [1.29, 1.82) is 0 Å². The molecule has 0 aromatic carbocycles. The number of nitrogens with two attached hydrogens (primary N) is 1. The van der Waals surface area contributed by atoms with Gasteiger partial charge in [-0.2, -0.15) is 0 Å². The summed E-state index contributed by atoms with van der Waals surface area (Å²) in [4.78, 5) is 9.03. The minimum Gasteiger partial charge on any atom is -0.324 e. The molecule has 0 saturated heterocycles. The lowest BCUT2D eigenvalue weighted by atomic mass is 10.1. The lowest BCUT2D eigenvalue weighted by Crippen LogP contribution is -2.05. The van der Waals surface area contributed by atoms with Crippen molar-refractivity contribution in [3.05, 3.63) is 23.7 Å². The predicted molar refractivity (Wildman–Crippen MR) is 65.2 cm³/mol. The molecule has 0 aliphatic heterocycles. The van der Waals surface area contributed by atoms with Gasteiger partial charge in [-0.05, 0) is 18.6 Å². The maximum Gasteiger partial charge on any atom is 0.159 e. The van der Waals surface area contributed by atoms with Crippen molar-refractivity contribution >= 4 is 11.2 Å². The summed E-state index contributed by atoms with van der Waals surface area (Å²) in [7, 11) is 2.00. The highest BCUT2D eigenvalue weighted by Crippen LogP contribution is 2.21. The van der Waals surface area contributed by atoms with Gasteiger partial charge in [0.15, 0.2) is 5.65 Å². The molecular weight excluding hydrogens is 200 g/mol. The first-order valence-electron chi connectivity index (χ1n) is 5.58. The van der Waals surface area contributed by atoms with E-state index in [0.717, 1.165) is 22.6 Å². The predicted octanol–water partition coefficient (Wildman–Crippen LogP) is 2.11. The number of aromatic nitrogens is 3. The van der Waals surface area contributed by atoms with Gasteiger partial charge in [-0.3, -0.25) is 0 Å². The lowest BCUT2D eigenvalue weighted by molar-refractivity contribution is 0.719. The molecule has 0 spiro atoms. The molecule has 2 heterocycles. The Morgan fingerprint density at radius 2 is 2.00 bits per heavy atom. The van der Waals surface area contributed by atoms with E-state index in [0.29, 0.717) is 5.92 Å². The molecule has 2 aromatic heterocycles. The van der Waals surface area contributed by atoms with Crippen molar-refractivity contribution < 1.29 is 0 Å². The van der Waals surface area contributed by atoms with Gasteiger partial charge in [0.25, 0.3) is 0 Å². The van der Waals surface area contributed by atoms with E-state index < -0.39 is 0 Å². The van der Waals surface area contributed by atoms with Gasteiger partial charge < -0.3 is 10.3 Å². The zero-order valence-electron chi connectivity index (χ0n) is 10.2. The van der Waals surface area contributed by atoms with Gasteiger partial charge >= 0.3 is 0 Å². The average Bonchev–Trinajstić information content (AvgIpc) is 2.55. The fourth-order valence-electron chi connectivity index (χ4n) is 1.87. The van der Waals surface area contributed by atoms with Crippen LogP contribution in [0.25, 0.3) is 11.2 Å². The first-order valence-corrected chi connectivity index (χ1v) is 5.58. The molecule has 0 aliphatic carbocycles. The minimum absolute atomic E-state index is 0.00130.